The van der Waals surface area contributed by atoms with Crippen molar-refractivity contribution in [3.05, 3.63) is 77.4 Å². The molecule has 0 bridgehead atoms. The highest BCUT2D eigenvalue weighted by Gasteiger charge is 2.26. The van der Waals surface area contributed by atoms with Crippen LogP contribution in [0.15, 0.2) is 60.7 Å². The minimum atomic E-state index is -0.143. The molecule has 4 heteroatoms. The van der Waals surface area contributed by atoms with E-state index < -0.39 is 0 Å². The first-order valence-corrected chi connectivity index (χ1v) is 9.83. The van der Waals surface area contributed by atoms with E-state index in [-0.39, 0.29) is 11.9 Å². The van der Waals surface area contributed by atoms with E-state index in [1.165, 1.54) is 5.56 Å². The number of amides is 1. The molecule has 4 rings (SSSR count). The van der Waals surface area contributed by atoms with Crippen LogP contribution in [0.4, 0.5) is 0 Å². The maximum absolute atomic E-state index is 13.1. The third kappa shape index (κ3) is 3.96. The standard InChI is InChI=1S/C25H24N2O2/c1-3-19-15-23(24(29-2)22-12-8-7-11-21(19)22)25(28)26-20-13-14-27(17-20)16-18-9-5-4-6-10-18/h1,4-12,15,20H,13-14,16-17H2,2H3,(H,26,28)/t20-/m0/s1. The molecule has 1 N–H and O–H groups in total. The summed E-state index contributed by atoms with van der Waals surface area (Å²) in [4.78, 5) is 15.4. The fourth-order valence-electron chi connectivity index (χ4n) is 4.06. The van der Waals surface area contributed by atoms with Crippen molar-refractivity contribution < 1.29 is 9.53 Å². The summed E-state index contributed by atoms with van der Waals surface area (Å²) in [6.07, 6.45) is 6.63. The number of ether oxygens (including phenoxy) is 1. The molecular weight excluding hydrogens is 360 g/mol. The second-order valence-electron chi connectivity index (χ2n) is 7.37. The maximum atomic E-state index is 13.1. The van der Waals surface area contributed by atoms with Gasteiger partial charge in [-0.25, -0.2) is 0 Å². The zero-order valence-corrected chi connectivity index (χ0v) is 16.5. The Hall–Kier alpha value is -3.29. The van der Waals surface area contributed by atoms with E-state index in [1.54, 1.807) is 13.2 Å². The summed E-state index contributed by atoms with van der Waals surface area (Å²) in [5, 5.41) is 4.94. The van der Waals surface area contributed by atoms with Crippen molar-refractivity contribution in [2.24, 2.45) is 0 Å². The lowest BCUT2D eigenvalue weighted by Crippen LogP contribution is -2.37. The molecule has 0 saturated carbocycles. The largest absolute Gasteiger partial charge is 0.495 e. The van der Waals surface area contributed by atoms with Gasteiger partial charge in [0.1, 0.15) is 5.75 Å². The molecule has 0 aliphatic carbocycles. The van der Waals surface area contributed by atoms with Crippen LogP contribution in [0.3, 0.4) is 0 Å². The number of hydrogen-bond donors (Lipinski definition) is 1. The van der Waals surface area contributed by atoms with Crippen molar-refractivity contribution >= 4 is 16.7 Å². The molecule has 146 valence electrons. The molecule has 0 unspecified atom stereocenters. The molecule has 1 amide bonds. The molecule has 29 heavy (non-hydrogen) atoms. The van der Waals surface area contributed by atoms with Gasteiger partial charge in [0, 0.05) is 42.0 Å². The molecule has 1 heterocycles. The van der Waals surface area contributed by atoms with E-state index in [0.717, 1.165) is 36.8 Å². The van der Waals surface area contributed by atoms with E-state index in [4.69, 9.17) is 11.2 Å². The van der Waals surface area contributed by atoms with Gasteiger partial charge in [-0.15, -0.1) is 6.42 Å². The van der Waals surface area contributed by atoms with Crippen LogP contribution in [-0.4, -0.2) is 37.0 Å². The molecule has 1 atom stereocenters. The molecule has 0 spiro atoms. The third-order valence-electron chi connectivity index (χ3n) is 5.46. The van der Waals surface area contributed by atoms with Gasteiger partial charge in [0.15, 0.2) is 0 Å². The number of fused-ring (bicyclic) bond motifs is 1. The number of carbonyl (C=O) groups excluding carboxylic acids is 1. The predicted molar refractivity (Wildman–Crippen MR) is 116 cm³/mol. The SMILES string of the molecule is C#Cc1cc(C(=O)N[C@H]2CCN(Cc3ccccc3)C2)c(OC)c2ccccc12. The number of nitrogens with one attached hydrogen (secondary N) is 1. The quantitative estimate of drug-likeness (QED) is 0.680. The average molecular weight is 384 g/mol. The molecule has 3 aromatic rings. The Labute approximate surface area is 171 Å². The van der Waals surface area contributed by atoms with Gasteiger partial charge in [-0.05, 0) is 18.1 Å². The van der Waals surface area contributed by atoms with E-state index in [0.29, 0.717) is 16.9 Å². The summed E-state index contributed by atoms with van der Waals surface area (Å²) in [6.45, 7) is 2.69. The summed E-state index contributed by atoms with van der Waals surface area (Å²) in [5.41, 5.74) is 2.47. The van der Waals surface area contributed by atoms with Crippen LogP contribution in [0.5, 0.6) is 5.75 Å². The van der Waals surface area contributed by atoms with Gasteiger partial charge in [-0.1, -0.05) is 60.5 Å². The number of nitrogens with zero attached hydrogens (tertiary/aromatic N) is 1. The van der Waals surface area contributed by atoms with Crippen LogP contribution in [0.1, 0.15) is 27.9 Å². The molecule has 1 saturated heterocycles. The fraction of sp³-hybridized carbons (Fsp3) is 0.240. The number of terminal acetylenes is 1. The van der Waals surface area contributed by atoms with Crippen LogP contribution in [0.2, 0.25) is 0 Å². The monoisotopic (exact) mass is 384 g/mol. The third-order valence-corrected chi connectivity index (χ3v) is 5.46. The minimum Gasteiger partial charge on any atom is -0.495 e. The van der Waals surface area contributed by atoms with Gasteiger partial charge in [0.2, 0.25) is 0 Å². The topological polar surface area (TPSA) is 41.6 Å². The molecule has 1 aliphatic heterocycles. The number of hydrogen-bond acceptors (Lipinski definition) is 3. The first kappa shape index (κ1) is 19.0. The van der Waals surface area contributed by atoms with Crippen molar-refractivity contribution in [3.8, 4) is 18.1 Å². The smallest absolute Gasteiger partial charge is 0.255 e. The highest BCUT2D eigenvalue weighted by Crippen LogP contribution is 2.32. The maximum Gasteiger partial charge on any atom is 0.255 e. The normalized spacial score (nSPS) is 16.5. The highest BCUT2D eigenvalue weighted by atomic mass is 16.5. The first-order valence-electron chi connectivity index (χ1n) is 9.83. The molecule has 4 nitrogen and oxygen atoms in total. The number of likely N-dealkylation sites (tertiary alicyclic amines) is 1. The zero-order valence-electron chi connectivity index (χ0n) is 16.5. The van der Waals surface area contributed by atoms with E-state index in [2.05, 4.69) is 40.4 Å². The Kier molecular flexibility index (Phi) is 5.50. The van der Waals surface area contributed by atoms with Gasteiger partial charge in [0.05, 0.1) is 12.7 Å². The van der Waals surface area contributed by atoms with E-state index in [1.807, 2.05) is 30.3 Å². The van der Waals surface area contributed by atoms with Crippen LogP contribution in [0, 0.1) is 12.3 Å². The van der Waals surface area contributed by atoms with Crippen molar-refractivity contribution in [2.75, 3.05) is 20.2 Å². The van der Waals surface area contributed by atoms with Gasteiger partial charge in [0.25, 0.3) is 5.91 Å². The summed E-state index contributed by atoms with van der Waals surface area (Å²) in [5.74, 6) is 3.12. The molecular formula is C25H24N2O2. The summed E-state index contributed by atoms with van der Waals surface area (Å²) in [6, 6.07) is 20.0. The van der Waals surface area contributed by atoms with Gasteiger partial charge < -0.3 is 10.1 Å². The molecule has 3 aromatic carbocycles. The second kappa shape index (κ2) is 8.38. The van der Waals surface area contributed by atoms with Crippen molar-refractivity contribution in [2.45, 2.75) is 19.0 Å². The lowest BCUT2D eigenvalue weighted by molar-refractivity contribution is 0.0935. The van der Waals surface area contributed by atoms with Crippen molar-refractivity contribution in [1.82, 2.24) is 10.2 Å². The first-order chi connectivity index (χ1) is 14.2. The van der Waals surface area contributed by atoms with E-state index in [9.17, 15) is 4.79 Å². The Balaban J connectivity index is 1.52. The highest BCUT2D eigenvalue weighted by molar-refractivity contribution is 6.06. The summed E-state index contributed by atoms with van der Waals surface area (Å²) >= 11 is 0. The summed E-state index contributed by atoms with van der Waals surface area (Å²) < 4.78 is 5.60. The number of rotatable bonds is 5. The Morgan fingerprint density at radius 2 is 1.90 bits per heavy atom. The zero-order chi connectivity index (χ0) is 20.2. The van der Waals surface area contributed by atoms with Gasteiger partial charge in [-0.3, -0.25) is 9.69 Å². The number of methoxy groups -OCH3 is 1. The lowest BCUT2D eigenvalue weighted by Gasteiger charge is -2.18. The van der Waals surface area contributed by atoms with E-state index >= 15 is 0 Å². The average Bonchev–Trinajstić information content (AvgIpc) is 3.19. The van der Waals surface area contributed by atoms with Gasteiger partial charge in [-0.2, -0.15) is 0 Å². The van der Waals surface area contributed by atoms with Crippen LogP contribution in [0.25, 0.3) is 10.8 Å². The molecule has 1 aliphatic rings. The van der Waals surface area contributed by atoms with Crippen LogP contribution in [-0.2, 0) is 6.54 Å². The number of carbonyl (C=O) groups is 1. The molecule has 0 radical (unpaired) electrons. The van der Waals surface area contributed by atoms with Crippen LogP contribution < -0.4 is 10.1 Å². The minimum absolute atomic E-state index is 0.108. The second-order valence-corrected chi connectivity index (χ2v) is 7.37. The number of benzene rings is 3. The van der Waals surface area contributed by atoms with Crippen LogP contribution >= 0.6 is 0 Å². The Bertz CT molecular complexity index is 1070. The Morgan fingerprint density at radius 3 is 2.62 bits per heavy atom. The lowest BCUT2D eigenvalue weighted by atomic mass is 9.99. The van der Waals surface area contributed by atoms with Gasteiger partial charge >= 0.3 is 0 Å². The summed E-state index contributed by atoms with van der Waals surface area (Å²) in [7, 11) is 1.59. The molecule has 1 fully saturated rings. The van der Waals surface area contributed by atoms with Crippen molar-refractivity contribution in [1.29, 1.82) is 0 Å². The Morgan fingerprint density at radius 1 is 1.17 bits per heavy atom. The predicted octanol–water partition coefficient (Wildman–Crippen LogP) is 3.83. The molecule has 0 aromatic heterocycles. The van der Waals surface area contributed by atoms with Crippen molar-refractivity contribution in [3.63, 3.8) is 0 Å². The fourth-order valence-corrected chi connectivity index (χ4v) is 4.06.